The predicted octanol–water partition coefficient (Wildman–Crippen LogP) is 2.27. The molecule has 136 valence electrons. The van der Waals surface area contributed by atoms with Crippen molar-refractivity contribution in [2.45, 2.75) is 0 Å². The first kappa shape index (κ1) is 21.0. The Balaban J connectivity index is 0.00000156. The van der Waals surface area contributed by atoms with Crippen molar-refractivity contribution in [3.05, 3.63) is 48.7 Å². The van der Waals surface area contributed by atoms with Gasteiger partial charge in [-0.2, -0.15) is 0 Å². The van der Waals surface area contributed by atoms with Gasteiger partial charge in [0.25, 0.3) is 0 Å². The molecule has 6 nitrogen and oxygen atoms in total. The number of hydrogen-bond acceptors (Lipinski definition) is 5. The lowest BCUT2D eigenvalue weighted by atomic mass is 10.2. The largest absolute Gasteiger partial charge is 0.397 e. The number of benzene rings is 1. The first-order valence-electron chi connectivity index (χ1n) is 7.75. The Morgan fingerprint density at radius 2 is 1.72 bits per heavy atom. The van der Waals surface area contributed by atoms with Crippen molar-refractivity contribution < 1.29 is 4.79 Å². The van der Waals surface area contributed by atoms with Gasteiger partial charge in [0, 0.05) is 32.4 Å². The van der Waals surface area contributed by atoms with Gasteiger partial charge in [0.05, 0.1) is 17.9 Å². The summed E-state index contributed by atoms with van der Waals surface area (Å²) in [5, 5.41) is 2.87. The van der Waals surface area contributed by atoms with Gasteiger partial charge in [0.15, 0.2) is 0 Å². The monoisotopic (exact) mass is 383 g/mol. The lowest BCUT2D eigenvalue weighted by Gasteiger charge is -2.34. The number of para-hydroxylation sites is 2. The Kier molecular flexibility index (Phi) is 8.48. The van der Waals surface area contributed by atoms with Crippen molar-refractivity contribution in [3.8, 4) is 0 Å². The highest BCUT2D eigenvalue weighted by Gasteiger charge is 2.19. The van der Waals surface area contributed by atoms with Gasteiger partial charge in [-0.1, -0.05) is 18.2 Å². The minimum Gasteiger partial charge on any atom is -0.397 e. The highest BCUT2D eigenvalue weighted by atomic mass is 35.5. The summed E-state index contributed by atoms with van der Waals surface area (Å²) in [6.07, 6.45) is 1.80. The van der Waals surface area contributed by atoms with E-state index in [1.807, 2.05) is 36.4 Å². The van der Waals surface area contributed by atoms with E-state index in [4.69, 9.17) is 5.73 Å². The van der Waals surface area contributed by atoms with Crippen LogP contribution in [0.1, 0.15) is 0 Å². The van der Waals surface area contributed by atoms with Gasteiger partial charge in [-0.05, 0) is 24.3 Å². The van der Waals surface area contributed by atoms with Gasteiger partial charge in [-0.15, -0.1) is 24.8 Å². The van der Waals surface area contributed by atoms with Crippen LogP contribution in [0.2, 0.25) is 0 Å². The number of carbonyl (C=O) groups excluding carboxylic acids is 1. The van der Waals surface area contributed by atoms with Crippen LogP contribution in [0.15, 0.2) is 48.7 Å². The Labute approximate surface area is 160 Å². The fourth-order valence-electron chi connectivity index (χ4n) is 2.68. The van der Waals surface area contributed by atoms with Crippen LogP contribution < -0.4 is 16.0 Å². The molecule has 0 unspecified atom stereocenters. The van der Waals surface area contributed by atoms with Crippen LogP contribution >= 0.6 is 24.8 Å². The van der Waals surface area contributed by atoms with Crippen LogP contribution in [-0.4, -0.2) is 48.5 Å². The fourth-order valence-corrected chi connectivity index (χ4v) is 2.68. The Bertz CT molecular complexity index is 663. The van der Waals surface area contributed by atoms with Gasteiger partial charge < -0.3 is 16.0 Å². The number of nitrogens with one attached hydrogen (secondary N) is 1. The molecule has 0 bridgehead atoms. The lowest BCUT2D eigenvalue weighted by molar-refractivity contribution is -0.117. The SMILES string of the molecule is Cl.Cl.Nc1ccccc1NC(=O)CN1CCN(c2ccccn2)CC1. The number of anilines is 3. The number of halogens is 2. The summed E-state index contributed by atoms with van der Waals surface area (Å²) < 4.78 is 0. The molecular formula is C17H23Cl2N5O. The van der Waals surface area contributed by atoms with Gasteiger partial charge in [0.2, 0.25) is 5.91 Å². The molecule has 0 aliphatic carbocycles. The van der Waals surface area contributed by atoms with Crippen LogP contribution in [0.25, 0.3) is 0 Å². The third kappa shape index (κ3) is 5.77. The van der Waals surface area contributed by atoms with Crippen LogP contribution in [-0.2, 0) is 4.79 Å². The predicted molar refractivity (Wildman–Crippen MR) is 107 cm³/mol. The highest BCUT2D eigenvalue weighted by Crippen LogP contribution is 2.17. The number of hydrogen-bond donors (Lipinski definition) is 2. The van der Waals surface area contributed by atoms with E-state index in [0.717, 1.165) is 32.0 Å². The highest BCUT2D eigenvalue weighted by molar-refractivity contribution is 5.95. The molecular weight excluding hydrogens is 361 g/mol. The Morgan fingerprint density at radius 1 is 1.04 bits per heavy atom. The Morgan fingerprint density at radius 3 is 2.36 bits per heavy atom. The van der Waals surface area contributed by atoms with Gasteiger partial charge in [-0.25, -0.2) is 4.98 Å². The molecule has 1 fully saturated rings. The van der Waals surface area contributed by atoms with Crippen LogP contribution in [0, 0.1) is 0 Å². The van der Waals surface area contributed by atoms with E-state index < -0.39 is 0 Å². The van der Waals surface area contributed by atoms with E-state index >= 15 is 0 Å². The molecule has 1 aromatic carbocycles. The minimum atomic E-state index is -0.0332. The smallest absolute Gasteiger partial charge is 0.238 e. The molecule has 0 radical (unpaired) electrons. The number of aromatic nitrogens is 1. The molecule has 0 spiro atoms. The van der Waals surface area contributed by atoms with Gasteiger partial charge in [0.1, 0.15) is 5.82 Å². The number of nitrogens with two attached hydrogens (primary N) is 1. The van der Waals surface area contributed by atoms with E-state index in [9.17, 15) is 4.79 Å². The molecule has 2 heterocycles. The molecule has 2 aromatic rings. The summed E-state index contributed by atoms with van der Waals surface area (Å²) in [4.78, 5) is 20.9. The topological polar surface area (TPSA) is 74.5 Å². The molecule has 1 aliphatic rings. The third-order valence-electron chi connectivity index (χ3n) is 3.95. The van der Waals surface area contributed by atoms with Gasteiger partial charge >= 0.3 is 0 Å². The number of pyridine rings is 1. The van der Waals surface area contributed by atoms with Crippen molar-refractivity contribution in [2.75, 3.05) is 48.7 Å². The Hall–Kier alpha value is -2.02. The van der Waals surface area contributed by atoms with Crippen LogP contribution in [0.4, 0.5) is 17.2 Å². The van der Waals surface area contributed by atoms with E-state index in [0.29, 0.717) is 17.9 Å². The quantitative estimate of drug-likeness (QED) is 0.792. The average Bonchev–Trinajstić information content (AvgIpc) is 2.58. The number of amides is 1. The maximum absolute atomic E-state index is 12.2. The van der Waals surface area contributed by atoms with Crippen molar-refractivity contribution in [3.63, 3.8) is 0 Å². The molecule has 25 heavy (non-hydrogen) atoms. The molecule has 1 aliphatic heterocycles. The second kappa shape index (κ2) is 10.1. The number of rotatable bonds is 4. The normalized spacial score (nSPS) is 14.2. The van der Waals surface area contributed by atoms with Crippen molar-refractivity contribution >= 4 is 47.9 Å². The van der Waals surface area contributed by atoms with E-state index in [-0.39, 0.29) is 30.7 Å². The number of nitrogens with zero attached hydrogens (tertiary/aromatic N) is 3. The molecule has 0 atom stereocenters. The summed E-state index contributed by atoms with van der Waals surface area (Å²) in [6, 6.07) is 13.2. The standard InChI is InChI=1S/C17H21N5O.2ClH/c18-14-5-1-2-6-15(14)20-17(23)13-21-9-11-22(12-10-21)16-7-3-4-8-19-16;;/h1-8H,9-13,18H2,(H,20,23);2*1H. The van der Waals surface area contributed by atoms with E-state index in [2.05, 4.69) is 20.1 Å². The first-order chi connectivity index (χ1) is 11.2. The molecule has 0 saturated carbocycles. The second-order valence-electron chi connectivity index (χ2n) is 5.59. The zero-order valence-electron chi connectivity index (χ0n) is 13.8. The fraction of sp³-hybridized carbons (Fsp3) is 0.294. The maximum atomic E-state index is 12.2. The molecule has 1 saturated heterocycles. The van der Waals surface area contributed by atoms with Gasteiger partial charge in [-0.3, -0.25) is 9.69 Å². The zero-order chi connectivity index (χ0) is 16.1. The summed E-state index contributed by atoms with van der Waals surface area (Å²) in [5.74, 6) is 0.961. The van der Waals surface area contributed by atoms with Crippen molar-refractivity contribution in [1.82, 2.24) is 9.88 Å². The van der Waals surface area contributed by atoms with E-state index in [1.54, 1.807) is 12.3 Å². The molecule has 1 aromatic heterocycles. The molecule has 3 N–H and O–H groups in total. The zero-order valence-corrected chi connectivity index (χ0v) is 15.4. The minimum absolute atomic E-state index is 0. The number of nitrogen functional groups attached to an aromatic ring is 1. The van der Waals surface area contributed by atoms with Crippen molar-refractivity contribution in [1.29, 1.82) is 0 Å². The van der Waals surface area contributed by atoms with Crippen molar-refractivity contribution in [2.24, 2.45) is 0 Å². The van der Waals surface area contributed by atoms with Crippen LogP contribution in [0.5, 0.6) is 0 Å². The summed E-state index contributed by atoms with van der Waals surface area (Å²) in [7, 11) is 0. The molecule has 3 rings (SSSR count). The maximum Gasteiger partial charge on any atom is 0.238 e. The first-order valence-corrected chi connectivity index (χ1v) is 7.75. The van der Waals surface area contributed by atoms with Crippen LogP contribution in [0.3, 0.4) is 0 Å². The third-order valence-corrected chi connectivity index (χ3v) is 3.95. The molecule has 1 amide bonds. The lowest BCUT2D eigenvalue weighted by Crippen LogP contribution is -2.48. The summed E-state index contributed by atoms with van der Waals surface area (Å²) in [6.45, 7) is 3.81. The molecule has 8 heteroatoms. The van der Waals surface area contributed by atoms with E-state index in [1.165, 1.54) is 0 Å². The average molecular weight is 384 g/mol. The number of piperazine rings is 1. The second-order valence-corrected chi connectivity index (χ2v) is 5.59. The summed E-state index contributed by atoms with van der Waals surface area (Å²) in [5.41, 5.74) is 7.10. The number of carbonyl (C=O) groups is 1. The summed E-state index contributed by atoms with van der Waals surface area (Å²) >= 11 is 0.